The van der Waals surface area contributed by atoms with Crippen molar-refractivity contribution in [3.8, 4) is 0 Å². The molecule has 1 aliphatic carbocycles. The molecule has 0 spiro atoms. The molecule has 100 valence electrons. The molecule has 4 nitrogen and oxygen atoms in total. The number of guanidine groups is 1. The molecule has 0 bridgehead atoms. The van der Waals surface area contributed by atoms with E-state index < -0.39 is 0 Å². The van der Waals surface area contributed by atoms with E-state index in [1.54, 1.807) is 11.3 Å². The Morgan fingerprint density at radius 1 is 1.50 bits per heavy atom. The lowest BCUT2D eigenvalue weighted by Crippen LogP contribution is -2.39. The number of hydrogen-bond acceptors (Lipinski definition) is 3. The molecule has 0 aromatic carbocycles. The number of aliphatic imine (C=N–C) groups is 1. The molecule has 2 rings (SSSR count). The molecular weight excluding hydrogens is 244 g/mol. The summed E-state index contributed by atoms with van der Waals surface area (Å²) in [6.45, 7) is 10.1. The van der Waals surface area contributed by atoms with E-state index in [4.69, 9.17) is 0 Å². The van der Waals surface area contributed by atoms with Crippen LogP contribution in [0, 0.1) is 19.8 Å². The van der Waals surface area contributed by atoms with Gasteiger partial charge in [-0.2, -0.15) is 0 Å². The van der Waals surface area contributed by atoms with E-state index in [0.29, 0.717) is 12.6 Å². The summed E-state index contributed by atoms with van der Waals surface area (Å²) in [5.41, 5.74) is 1.11. The SMILES string of the molecule is CCNC(=NCc1sc(C)nc1C)NC1CC1C. The molecule has 1 fully saturated rings. The summed E-state index contributed by atoms with van der Waals surface area (Å²) in [6, 6.07) is 0.604. The summed E-state index contributed by atoms with van der Waals surface area (Å²) in [6.07, 6.45) is 1.25. The molecule has 1 saturated carbocycles. The Hall–Kier alpha value is -1.10. The van der Waals surface area contributed by atoms with Crippen LogP contribution in [-0.2, 0) is 6.54 Å². The molecule has 0 radical (unpaired) electrons. The maximum atomic E-state index is 4.64. The molecule has 0 saturated heterocycles. The van der Waals surface area contributed by atoms with Gasteiger partial charge in [-0.15, -0.1) is 11.3 Å². The van der Waals surface area contributed by atoms with Crippen molar-refractivity contribution in [2.45, 2.75) is 46.7 Å². The Morgan fingerprint density at radius 2 is 2.22 bits per heavy atom. The fourth-order valence-electron chi connectivity index (χ4n) is 1.89. The maximum Gasteiger partial charge on any atom is 0.191 e. The smallest absolute Gasteiger partial charge is 0.191 e. The van der Waals surface area contributed by atoms with Gasteiger partial charge in [0.15, 0.2) is 5.96 Å². The summed E-state index contributed by atoms with van der Waals surface area (Å²) in [4.78, 5) is 10.3. The second-order valence-electron chi connectivity index (χ2n) is 4.90. The van der Waals surface area contributed by atoms with Gasteiger partial charge in [0.2, 0.25) is 0 Å². The lowest BCUT2D eigenvalue weighted by Gasteiger charge is -2.10. The van der Waals surface area contributed by atoms with Crippen LogP contribution in [0.25, 0.3) is 0 Å². The zero-order valence-corrected chi connectivity index (χ0v) is 12.4. The molecule has 2 N–H and O–H groups in total. The number of hydrogen-bond donors (Lipinski definition) is 2. The first-order valence-electron chi connectivity index (χ1n) is 6.58. The quantitative estimate of drug-likeness (QED) is 0.649. The van der Waals surface area contributed by atoms with Crippen LogP contribution < -0.4 is 10.6 Å². The average Bonchev–Trinajstić information content (AvgIpc) is 2.89. The summed E-state index contributed by atoms with van der Waals surface area (Å²) in [5.74, 6) is 1.71. The summed E-state index contributed by atoms with van der Waals surface area (Å²) >= 11 is 1.74. The summed E-state index contributed by atoms with van der Waals surface area (Å²) < 4.78 is 0. The predicted molar refractivity (Wildman–Crippen MR) is 77.1 cm³/mol. The minimum absolute atomic E-state index is 0.604. The van der Waals surface area contributed by atoms with Crippen LogP contribution in [0.4, 0.5) is 0 Å². The second-order valence-corrected chi connectivity index (χ2v) is 6.19. The van der Waals surface area contributed by atoms with Crippen LogP contribution in [0.15, 0.2) is 4.99 Å². The van der Waals surface area contributed by atoms with Crippen LogP contribution in [0.1, 0.15) is 35.8 Å². The molecular formula is C13H22N4S. The van der Waals surface area contributed by atoms with Gasteiger partial charge in [-0.3, -0.25) is 0 Å². The van der Waals surface area contributed by atoms with E-state index in [2.05, 4.69) is 41.4 Å². The van der Waals surface area contributed by atoms with Crippen LogP contribution in [-0.4, -0.2) is 23.5 Å². The Bertz CT molecular complexity index is 438. The molecule has 1 heterocycles. The van der Waals surface area contributed by atoms with Gasteiger partial charge in [-0.1, -0.05) is 6.92 Å². The third-order valence-electron chi connectivity index (χ3n) is 3.16. The van der Waals surface area contributed by atoms with Gasteiger partial charge in [0.25, 0.3) is 0 Å². The van der Waals surface area contributed by atoms with E-state index in [-0.39, 0.29) is 0 Å². The van der Waals surface area contributed by atoms with Crippen molar-refractivity contribution in [3.05, 3.63) is 15.6 Å². The number of nitrogens with zero attached hydrogens (tertiary/aromatic N) is 2. The van der Waals surface area contributed by atoms with Crippen molar-refractivity contribution in [2.24, 2.45) is 10.9 Å². The first-order valence-corrected chi connectivity index (χ1v) is 7.39. The minimum Gasteiger partial charge on any atom is -0.357 e. The van der Waals surface area contributed by atoms with E-state index in [1.807, 2.05) is 6.92 Å². The molecule has 5 heteroatoms. The molecule has 1 aromatic heterocycles. The predicted octanol–water partition coefficient (Wildman–Crippen LogP) is 2.22. The highest BCUT2D eigenvalue weighted by Crippen LogP contribution is 2.28. The number of aromatic nitrogens is 1. The zero-order valence-electron chi connectivity index (χ0n) is 11.6. The lowest BCUT2D eigenvalue weighted by atomic mass is 10.4. The van der Waals surface area contributed by atoms with Crippen molar-refractivity contribution in [1.82, 2.24) is 15.6 Å². The van der Waals surface area contributed by atoms with Crippen LogP contribution in [0.2, 0.25) is 0 Å². The molecule has 0 amide bonds. The lowest BCUT2D eigenvalue weighted by molar-refractivity contribution is 0.767. The third-order valence-corrected chi connectivity index (χ3v) is 4.21. The largest absolute Gasteiger partial charge is 0.357 e. The first kappa shape index (κ1) is 13.3. The van der Waals surface area contributed by atoms with Crippen LogP contribution >= 0.6 is 11.3 Å². The van der Waals surface area contributed by atoms with Crippen molar-refractivity contribution in [2.75, 3.05) is 6.54 Å². The van der Waals surface area contributed by atoms with E-state index in [0.717, 1.165) is 29.1 Å². The average molecular weight is 266 g/mol. The fourth-order valence-corrected chi connectivity index (χ4v) is 2.75. The Balaban J connectivity index is 1.96. The van der Waals surface area contributed by atoms with Crippen molar-refractivity contribution >= 4 is 17.3 Å². The number of nitrogens with one attached hydrogen (secondary N) is 2. The monoisotopic (exact) mass is 266 g/mol. The number of rotatable bonds is 4. The summed E-state index contributed by atoms with van der Waals surface area (Å²) in [7, 11) is 0. The van der Waals surface area contributed by atoms with Crippen molar-refractivity contribution in [3.63, 3.8) is 0 Å². The van der Waals surface area contributed by atoms with Crippen molar-refractivity contribution < 1.29 is 0 Å². The van der Waals surface area contributed by atoms with Crippen LogP contribution in [0.3, 0.4) is 0 Å². The van der Waals surface area contributed by atoms with Gasteiger partial charge in [0.1, 0.15) is 0 Å². The van der Waals surface area contributed by atoms with Gasteiger partial charge < -0.3 is 10.6 Å². The minimum atomic E-state index is 0.604. The highest BCUT2D eigenvalue weighted by Gasteiger charge is 2.33. The van der Waals surface area contributed by atoms with E-state index >= 15 is 0 Å². The molecule has 2 atom stereocenters. The van der Waals surface area contributed by atoms with Crippen LogP contribution in [0.5, 0.6) is 0 Å². The normalized spacial score (nSPS) is 23.0. The van der Waals surface area contributed by atoms with E-state index in [1.165, 1.54) is 11.3 Å². The number of aryl methyl sites for hydroxylation is 2. The maximum absolute atomic E-state index is 4.64. The standard InChI is InChI=1S/C13H22N4S/c1-5-14-13(17-11-6-8(11)2)15-7-12-9(3)16-10(4)18-12/h8,11H,5-7H2,1-4H3,(H2,14,15,17). The molecule has 1 aromatic rings. The van der Waals surface area contributed by atoms with Gasteiger partial charge >= 0.3 is 0 Å². The summed E-state index contributed by atoms with van der Waals surface area (Å²) in [5, 5.41) is 7.87. The topological polar surface area (TPSA) is 49.3 Å². The number of thiazole rings is 1. The fraction of sp³-hybridized carbons (Fsp3) is 0.692. The van der Waals surface area contributed by atoms with Gasteiger partial charge in [-0.05, 0) is 33.1 Å². The Labute approximate surface area is 113 Å². The zero-order chi connectivity index (χ0) is 13.1. The second kappa shape index (κ2) is 5.69. The van der Waals surface area contributed by atoms with E-state index in [9.17, 15) is 0 Å². The Kier molecular flexibility index (Phi) is 4.22. The highest BCUT2D eigenvalue weighted by molar-refractivity contribution is 7.11. The molecule has 18 heavy (non-hydrogen) atoms. The molecule has 1 aliphatic rings. The highest BCUT2D eigenvalue weighted by atomic mass is 32.1. The molecule has 2 unspecified atom stereocenters. The van der Waals surface area contributed by atoms with Crippen molar-refractivity contribution in [1.29, 1.82) is 0 Å². The van der Waals surface area contributed by atoms with Gasteiger partial charge in [-0.25, -0.2) is 9.98 Å². The first-order chi connectivity index (χ1) is 8.60. The van der Waals surface area contributed by atoms with Gasteiger partial charge in [0.05, 0.1) is 17.2 Å². The third kappa shape index (κ3) is 3.45. The Morgan fingerprint density at radius 3 is 2.72 bits per heavy atom. The van der Waals surface area contributed by atoms with Gasteiger partial charge in [0, 0.05) is 17.5 Å². The molecule has 0 aliphatic heterocycles.